The van der Waals surface area contributed by atoms with E-state index in [9.17, 15) is 9.59 Å². The Labute approximate surface area is 154 Å². The van der Waals surface area contributed by atoms with Gasteiger partial charge < -0.3 is 9.64 Å². The fraction of sp³-hybridized carbons (Fsp3) is 0.524. The van der Waals surface area contributed by atoms with E-state index in [1.54, 1.807) is 0 Å². The van der Waals surface area contributed by atoms with E-state index in [0.29, 0.717) is 13.0 Å². The van der Waals surface area contributed by atoms with Crippen LogP contribution in [0.25, 0.3) is 0 Å². The number of likely N-dealkylation sites (tertiary alicyclic amines) is 1. The minimum absolute atomic E-state index is 0.00455. The second-order valence-electron chi connectivity index (χ2n) is 7.38. The molecule has 138 valence electrons. The van der Waals surface area contributed by atoms with Crippen molar-refractivity contribution in [2.24, 2.45) is 11.8 Å². The summed E-state index contributed by atoms with van der Waals surface area (Å²) in [5.41, 5.74) is 2.27. The van der Waals surface area contributed by atoms with Crippen molar-refractivity contribution < 1.29 is 14.3 Å². The number of morpholine rings is 1. The summed E-state index contributed by atoms with van der Waals surface area (Å²) in [6, 6.07) is 9.76. The Morgan fingerprint density at radius 2 is 1.81 bits per heavy atom. The highest BCUT2D eigenvalue weighted by molar-refractivity contribution is 6.03. The highest BCUT2D eigenvalue weighted by atomic mass is 16.5. The van der Waals surface area contributed by atoms with Gasteiger partial charge in [0.05, 0.1) is 25.7 Å². The van der Waals surface area contributed by atoms with Crippen LogP contribution in [0.2, 0.25) is 0 Å². The van der Waals surface area contributed by atoms with Gasteiger partial charge in [0.2, 0.25) is 11.8 Å². The van der Waals surface area contributed by atoms with Gasteiger partial charge in [-0.05, 0) is 24.8 Å². The van der Waals surface area contributed by atoms with Crippen molar-refractivity contribution in [1.29, 1.82) is 0 Å². The highest BCUT2D eigenvalue weighted by Gasteiger charge is 2.45. The maximum atomic E-state index is 13.1. The third kappa shape index (κ3) is 3.40. The molecule has 2 saturated heterocycles. The molecule has 0 radical (unpaired) electrons. The van der Waals surface area contributed by atoms with Gasteiger partial charge in [0.25, 0.3) is 0 Å². The van der Waals surface area contributed by atoms with E-state index in [2.05, 4.69) is 11.0 Å². The lowest BCUT2D eigenvalue weighted by atomic mass is 9.80. The number of rotatable bonds is 4. The molecule has 1 aliphatic carbocycles. The Morgan fingerprint density at radius 3 is 2.58 bits per heavy atom. The first-order valence-electron chi connectivity index (χ1n) is 9.65. The second kappa shape index (κ2) is 7.62. The zero-order chi connectivity index (χ0) is 17.9. The van der Waals surface area contributed by atoms with Crippen LogP contribution in [0.4, 0.5) is 0 Å². The maximum Gasteiger partial charge on any atom is 0.233 e. The molecule has 1 aromatic carbocycles. The van der Waals surface area contributed by atoms with Gasteiger partial charge >= 0.3 is 0 Å². The molecule has 0 saturated carbocycles. The predicted molar refractivity (Wildman–Crippen MR) is 97.9 cm³/mol. The summed E-state index contributed by atoms with van der Waals surface area (Å²) in [5, 5.41) is 0. The van der Waals surface area contributed by atoms with Crippen molar-refractivity contribution >= 4 is 11.8 Å². The fourth-order valence-electron chi connectivity index (χ4n) is 4.43. The smallest absolute Gasteiger partial charge is 0.233 e. The molecule has 2 fully saturated rings. The molecule has 26 heavy (non-hydrogen) atoms. The van der Waals surface area contributed by atoms with Crippen LogP contribution >= 0.6 is 0 Å². The lowest BCUT2D eigenvalue weighted by molar-refractivity contribution is -0.140. The van der Waals surface area contributed by atoms with Gasteiger partial charge in [-0.2, -0.15) is 0 Å². The molecule has 0 unspecified atom stereocenters. The van der Waals surface area contributed by atoms with Gasteiger partial charge in [-0.3, -0.25) is 14.5 Å². The van der Waals surface area contributed by atoms with Crippen molar-refractivity contribution in [2.45, 2.75) is 32.2 Å². The zero-order valence-electron chi connectivity index (χ0n) is 15.1. The van der Waals surface area contributed by atoms with Gasteiger partial charge in [-0.1, -0.05) is 36.4 Å². The zero-order valence-corrected chi connectivity index (χ0v) is 15.1. The third-order valence-electron chi connectivity index (χ3n) is 5.78. The molecular formula is C21H26N2O3. The maximum absolute atomic E-state index is 13.1. The summed E-state index contributed by atoms with van der Waals surface area (Å²) < 4.78 is 5.47. The average Bonchev–Trinajstić information content (AvgIpc) is 2.98. The van der Waals surface area contributed by atoms with Crippen molar-refractivity contribution in [3.8, 4) is 0 Å². The summed E-state index contributed by atoms with van der Waals surface area (Å²) in [4.78, 5) is 29.5. The Morgan fingerprint density at radius 1 is 1.04 bits per heavy atom. The summed E-state index contributed by atoms with van der Waals surface area (Å²) in [5.74, 6) is -0.0691. The standard InChI is InChI=1S/C21H26N2O3/c24-20-14-18(21(25)23(20)15-16-6-2-1-3-7-16)17-8-4-5-9-19(17)22-10-12-26-13-11-22/h1-3,6-7,9,17-18H,4-5,8,10-15H2/t17-,18-/m0/s1. The highest BCUT2D eigenvalue weighted by Crippen LogP contribution is 2.39. The van der Waals surface area contributed by atoms with E-state index in [-0.39, 0.29) is 23.7 Å². The molecule has 0 aromatic heterocycles. The molecule has 2 amide bonds. The second-order valence-corrected chi connectivity index (χ2v) is 7.38. The molecule has 5 heteroatoms. The molecular weight excluding hydrogens is 328 g/mol. The van der Waals surface area contributed by atoms with Gasteiger partial charge in [0.1, 0.15) is 0 Å². The molecule has 0 spiro atoms. The molecule has 4 rings (SSSR count). The first-order chi connectivity index (χ1) is 12.7. The van der Waals surface area contributed by atoms with E-state index < -0.39 is 0 Å². The number of nitrogens with zero attached hydrogens (tertiary/aromatic N) is 2. The summed E-state index contributed by atoms with van der Waals surface area (Å²) >= 11 is 0. The molecule has 5 nitrogen and oxygen atoms in total. The topological polar surface area (TPSA) is 49.9 Å². The van der Waals surface area contributed by atoms with E-state index in [1.807, 2.05) is 30.3 Å². The van der Waals surface area contributed by atoms with E-state index in [0.717, 1.165) is 51.1 Å². The molecule has 0 N–H and O–H groups in total. The summed E-state index contributed by atoms with van der Waals surface area (Å²) in [6.07, 6.45) is 5.78. The largest absolute Gasteiger partial charge is 0.378 e. The molecule has 0 bridgehead atoms. The molecule has 3 aliphatic rings. The minimum atomic E-state index is -0.208. The van der Waals surface area contributed by atoms with Gasteiger partial charge in [0.15, 0.2) is 0 Å². The minimum Gasteiger partial charge on any atom is -0.378 e. The van der Waals surface area contributed by atoms with Crippen LogP contribution in [0, 0.1) is 11.8 Å². The van der Waals surface area contributed by atoms with Gasteiger partial charge in [0, 0.05) is 31.1 Å². The number of amides is 2. The number of carbonyl (C=O) groups excluding carboxylic acids is 2. The van der Waals surface area contributed by atoms with Gasteiger partial charge in [-0.25, -0.2) is 0 Å². The molecule has 1 aromatic rings. The van der Waals surface area contributed by atoms with Crippen molar-refractivity contribution in [3.63, 3.8) is 0 Å². The number of hydrogen-bond donors (Lipinski definition) is 0. The number of benzene rings is 1. The first-order valence-corrected chi connectivity index (χ1v) is 9.65. The van der Waals surface area contributed by atoms with E-state index in [1.165, 1.54) is 10.6 Å². The third-order valence-corrected chi connectivity index (χ3v) is 5.78. The summed E-state index contributed by atoms with van der Waals surface area (Å²) in [7, 11) is 0. The van der Waals surface area contributed by atoms with E-state index in [4.69, 9.17) is 4.74 Å². The average molecular weight is 354 g/mol. The number of allylic oxidation sites excluding steroid dienone is 2. The molecule has 2 aliphatic heterocycles. The number of ether oxygens (including phenoxy) is 1. The Balaban J connectivity index is 1.51. The van der Waals surface area contributed by atoms with Crippen LogP contribution in [0.5, 0.6) is 0 Å². The quantitative estimate of drug-likeness (QED) is 0.780. The molecule has 2 atom stereocenters. The fourth-order valence-corrected chi connectivity index (χ4v) is 4.43. The number of carbonyl (C=O) groups is 2. The lowest BCUT2D eigenvalue weighted by Gasteiger charge is -2.38. The Hall–Kier alpha value is -2.14. The number of imide groups is 1. The van der Waals surface area contributed by atoms with Crippen molar-refractivity contribution in [2.75, 3.05) is 26.3 Å². The predicted octanol–water partition coefficient (Wildman–Crippen LogP) is 2.58. The molecule has 2 heterocycles. The Kier molecular flexibility index (Phi) is 5.07. The van der Waals surface area contributed by atoms with Crippen LogP contribution in [0.1, 0.15) is 31.2 Å². The normalized spacial score (nSPS) is 27.0. The monoisotopic (exact) mass is 354 g/mol. The van der Waals surface area contributed by atoms with E-state index >= 15 is 0 Å². The van der Waals surface area contributed by atoms with Crippen LogP contribution in [-0.4, -0.2) is 47.9 Å². The van der Waals surface area contributed by atoms with Crippen molar-refractivity contribution in [1.82, 2.24) is 9.80 Å². The van der Waals surface area contributed by atoms with Crippen LogP contribution in [0.15, 0.2) is 42.1 Å². The SMILES string of the molecule is O=C1C[C@@H]([C@@H]2CCCC=C2N2CCOCC2)C(=O)N1Cc1ccccc1. The van der Waals surface area contributed by atoms with Crippen molar-refractivity contribution in [3.05, 3.63) is 47.7 Å². The van der Waals surface area contributed by atoms with Crippen LogP contribution < -0.4 is 0 Å². The number of hydrogen-bond acceptors (Lipinski definition) is 4. The van der Waals surface area contributed by atoms with Crippen LogP contribution in [0.3, 0.4) is 0 Å². The summed E-state index contributed by atoms with van der Waals surface area (Å²) in [6.45, 7) is 3.62. The van der Waals surface area contributed by atoms with Gasteiger partial charge in [-0.15, -0.1) is 0 Å². The lowest BCUT2D eigenvalue weighted by Crippen LogP contribution is -2.41. The van der Waals surface area contributed by atoms with Crippen LogP contribution in [-0.2, 0) is 20.9 Å². The first kappa shape index (κ1) is 17.3. The Bertz CT molecular complexity index is 694.